The molecule has 2 saturated carbocycles. The number of anilines is 2. The first-order valence-corrected chi connectivity index (χ1v) is 25.2. The summed E-state index contributed by atoms with van der Waals surface area (Å²) in [7, 11) is 0. The molecular formula is C51H62Cl2FN7O9. The summed E-state index contributed by atoms with van der Waals surface area (Å²) in [4.78, 5) is 80.6. The zero-order chi connectivity index (χ0) is 49.4. The van der Waals surface area contributed by atoms with Gasteiger partial charge in [-0.25, -0.2) is 4.39 Å². The minimum atomic E-state index is -1.42. The second kappa shape index (κ2) is 22.9. The summed E-state index contributed by atoms with van der Waals surface area (Å²) in [5.74, 6) is -3.82. The van der Waals surface area contributed by atoms with E-state index in [0.717, 1.165) is 30.5 Å². The normalized spacial score (nSPS) is 26.1. The van der Waals surface area contributed by atoms with Crippen LogP contribution in [0.1, 0.15) is 92.1 Å². The van der Waals surface area contributed by atoms with Gasteiger partial charge in [-0.2, -0.15) is 0 Å². The zero-order valence-electron chi connectivity index (χ0n) is 39.2. The van der Waals surface area contributed by atoms with Crippen molar-refractivity contribution >= 4 is 70.0 Å². The molecule has 70 heavy (non-hydrogen) atoms. The predicted octanol–water partition coefficient (Wildman–Crippen LogP) is 5.70. The lowest BCUT2D eigenvalue weighted by atomic mass is 9.56. The maximum Gasteiger partial charge on any atom is 0.255 e. The van der Waals surface area contributed by atoms with Gasteiger partial charge in [0.05, 0.1) is 51.6 Å². The highest BCUT2D eigenvalue weighted by Gasteiger charge is 2.72. The van der Waals surface area contributed by atoms with E-state index in [-0.39, 0.29) is 59.5 Å². The van der Waals surface area contributed by atoms with Crippen LogP contribution in [0, 0.1) is 11.8 Å². The lowest BCUT2D eigenvalue weighted by Crippen LogP contribution is -2.60. The Hall–Kier alpha value is -5.17. The minimum Gasteiger partial charge on any atom is -0.382 e. The summed E-state index contributed by atoms with van der Waals surface area (Å²) in [6.07, 6.45) is 10.7. The molecule has 2 saturated heterocycles. The number of allylic oxidation sites excluding steroid dienone is 4. The molecule has 8 rings (SSSR count). The van der Waals surface area contributed by atoms with E-state index < -0.39 is 40.7 Å². The molecule has 2 spiro atoms. The largest absolute Gasteiger partial charge is 0.382 e. The second-order valence-corrected chi connectivity index (χ2v) is 19.8. The first-order valence-electron chi connectivity index (χ1n) is 24.4. The molecular weight excluding hydrogens is 945 g/mol. The summed E-state index contributed by atoms with van der Waals surface area (Å²) in [5, 5.41) is 19.0. The van der Waals surface area contributed by atoms with E-state index in [0.29, 0.717) is 120 Å². The van der Waals surface area contributed by atoms with Crippen molar-refractivity contribution in [2.45, 2.75) is 106 Å². The molecule has 6 aliphatic rings. The molecule has 1 unspecified atom stereocenters. The van der Waals surface area contributed by atoms with Crippen LogP contribution in [0.2, 0.25) is 5.02 Å². The number of hydrogen-bond donors (Lipinski definition) is 6. The molecule has 16 nitrogen and oxygen atoms in total. The van der Waals surface area contributed by atoms with Crippen LogP contribution in [0.4, 0.5) is 15.8 Å². The molecule has 0 aromatic heterocycles. The van der Waals surface area contributed by atoms with Gasteiger partial charge in [0, 0.05) is 76.1 Å². The molecule has 4 heterocycles. The first-order chi connectivity index (χ1) is 33.8. The van der Waals surface area contributed by atoms with E-state index in [1.54, 1.807) is 30.3 Å². The highest BCUT2D eigenvalue weighted by molar-refractivity contribution is 6.31. The van der Waals surface area contributed by atoms with Crippen molar-refractivity contribution in [1.29, 1.82) is 0 Å². The Morgan fingerprint density at radius 1 is 0.886 bits per heavy atom. The van der Waals surface area contributed by atoms with Crippen molar-refractivity contribution in [3.8, 4) is 0 Å². The van der Waals surface area contributed by atoms with Crippen molar-refractivity contribution in [2.75, 3.05) is 63.4 Å². The number of piperidine rings is 1. The van der Waals surface area contributed by atoms with Crippen LogP contribution >= 0.6 is 23.2 Å². The highest BCUT2D eigenvalue weighted by atomic mass is 35.5. The Bertz CT molecular complexity index is 2400. The number of nitrogens with zero attached hydrogens (tertiary/aromatic N) is 1. The standard InChI is InChI=1S/C51H62Cl2FN7O9/c1-31(52)7-5-9-38(54)43-44(60-50(19-3-2-4-20-50)51(43)37-16-13-33(53)29-40(37)58-49(51)67)47(65)57-34-14-11-32(12-15-34)45(63)56-22-24-69-26-28-70-27-25-68-23-21-55-39-10-6-8-35-36(39)30-61(48(35)66)41-17-18-42(62)59-46(41)64/h5-10,13,16,29,32,34,41,43-44,55,60H,1-4,11-12,14-15,17-28,30H2,(H,56,63)(H,57,65)(H,58,67)(H,59,62,64)/b7-5-,38-9-/t32-,34-,41?,43-,44+,51+/m0/s1. The number of hydrogen-bond acceptors (Lipinski definition) is 11. The van der Waals surface area contributed by atoms with E-state index in [4.69, 9.17) is 37.4 Å². The average molecular weight is 1010 g/mol. The van der Waals surface area contributed by atoms with Crippen molar-refractivity contribution in [2.24, 2.45) is 11.8 Å². The van der Waals surface area contributed by atoms with Crippen LogP contribution in [0.5, 0.6) is 0 Å². The number of amides is 6. The molecule has 4 aliphatic heterocycles. The summed E-state index contributed by atoms with van der Waals surface area (Å²) in [6.45, 7) is 6.95. The molecule has 0 bridgehead atoms. The second-order valence-electron chi connectivity index (χ2n) is 18.9. The smallest absolute Gasteiger partial charge is 0.255 e. The molecule has 2 aromatic rings. The van der Waals surface area contributed by atoms with E-state index >= 15 is 4.39 Å². The number of nitrogens with one attached hydrogen (secondary N) is 6. The number of benzene rings is 2. The van der Waals surface area contributed by atoms with E-state index in [2.05, 4.69) is 38.5 Å². The van der Waals surface area contributed by atoms with Gasteiger partial charge in [0.25, 0.3) is 5.91 Å². The van der Waals surface area contributed by atoms with E-state index in [9.17, 15) is 28.8 Å². The molecule has 6 N–H and O–H groups in total. The van der Waals surface area contributed by atoms with Gasteiger partial charge < -0.3 is 40.4 Å². The van der Waals surface area contributed by atoms with Gasteiger partial charge in [0.15, 0.2) is 0 Å². The van der Waals surface area contributed by atoms with Crippen molar-refractivity contribution in [3.05, 3.63) is 93.8 Å². The number of ether oxygens (including phenoxy) is 3. The maximum atomic E-state index is 16.9. The Morgan fingerprint density at radius 3 is 2.31 bits per heavy atom. The third kappa shape index (κ3) is 10.8. The Labute approximate surface area is 417 Å². The van der Waals surface area contributed by atoms with Gasteiger partial charge in [-0.3, -0.25) is 39.4 Å². The van der Waals surface area contributed by atoms with Crippen LogP contribution < -0.4 is 31.9 Å². The number of imide groups is 1. The lowest BCUT2D eigenvalue weighted by molar-refractivity contribution is -0.137. The van der Waals surface area contributed by atoms with E-state index in [1.807, 2.05) is 6.07 Å². The lowest BCUT2D eigenvalue weighted by Gasteiger charge is -2.46. The molecule has 19 heteroatoms. The summed E-state index contributed by atoms with van der Waals surface area (Å²) in [5.41, 5.74) is 0.982. The van der Waals surface area contributed by atoms with E-state index in [1.165, 1.54) is 23.1 Å². The summed E-state index contributed by atoms with van der Waals surface area (Å²) >= 11 is 12.3. The number of carbonyl (C=O) groups excluding carboxylic acids is 6. The summed E-state index contributed by atoms with van der Waals surface area (Å²) in [6, 6.07) is 8.62. The fourth-order valence-electron chi connectivity index (χ4n) is 11.5. The Morgan fingerprint density at radius 2 is 1.60 bits per heavy atom. The molecule has 376 valence electrons. The quantitative estimate of drug-likeness (QED) is 0.0540. The van der Waals surface area contributed by atoms with Gasteiger partial charge in [0.1, 0.15) is 17.3 Å². The third-order valence-electron chi connectivity index (χ3n) is 14.7. The molecule has 2 aliphatic carbocycles. The average Bonchev–Trinajstić information content (AvgIpc) is 3.94. The van der Waals surface area contributed by atoms with Gasteiger partial charge in [-0.15, -0.1) is 0 Å². The highest BCUT2D eigenvalue weighted by Crippen LogP contribution is 2.61. The molecule has 4 fully saturated rings. The molecule has 0 radical (unpaired) electrons. The predicted molar refractivity (Wildman–Crippen MR) is 262 cm³/mol. The van der Waals surface area contributed by atoms with Crippen LogP contribution in [-0.4, -0.2) is 117 Å². The van der Waals surface area contributed by atoms with Crippen molar-refractivity contribution in [3.63, 3.8) is 0 Å². The number of halogens is 3. The SMILES string of the molecule is C=C(Cl)/C=C\C=C(/F)[C@H]1[C@H](C(=O)N[C@H]2CC[C@H](C(=O)NCCOCCOCCOCCNc3cccc4c3CN(C3CCC(=O)NC3=O)C4=O)CC2)NC2(CCCCC2)[C@@]12C(=O)Nc1cc(Cl)ccc12. The zero-order valence-corrected chi connectivity index (χ0v) is 40.7. The van der Waals surface area contributed by atoms with Crippen LogP contribution in [0.3, 0.4) is 0 Å². The third-order valence-corrected chi connectivity index (χ3v) is 15.1. The Kier molecular flexibility index (Phi) is 16.8. The van der Waals surface area contributed by atoms with Gasteiger partial charge >= 0.3 is 0 Å². The molecule has 6 amide bonds. The fraction of sp³-hybridized carbons (Fsp3) is 0.529. The monoisotopic (exact) mass is 1010 g/mol. The fourth-order valence-corrected chi connectivity index (χ4v) is 11.7. The Balaban J connectivity index is 0.724. The number of fused-ring (bicyclic) bond motifs is 4. The van der Waals surface area contributed by atoms with Gasteiger partial charge in [-0.05, 0) is 86.9 Å². The van der Waals surface area contributed by atoms with Crippen LogP contribution in [0.15, 0.2) is 72.1 Å². The van der Waals surface area contributed by atoms with Crippen LogP contribution in [0.25, 0.3) is 0 Å². The van der Waals surface area contributed by atoms with Crippen LogP contribution in [-0.2, 0) is 50.1 Å². The first kappa shape index (κ1) is 51.2. The molecule has 2 aromatic carbocycles. The minimum absolute atomic E-state index is 0.0692. The topological polar surface area (TPSA) is 206 Å². The maximum absolute atomic E-state index is 16.9. The summed E-state index contributed by atoms with van der Waals surface area (Å²) < 4.78 is 33.9. The molecule has 4 atom stereocenters. The van der Waals surface area contributed by atoms with Crippen molar-refractivity contribution in [1.82, 2.24) is 26.2 Å². The van der Waals surface area contributed by atoms with Crippen molar-refractivity contribution < 1.29 is 47.4 Å². The van der Waals surface area contributed by atoms with Gasteiger partial charge in [-0.1, -0.05) is 67.3 Å². The van der Waals surface area contributed by atoms with Gasteiger partial charge in [0.2, 0.25) is 29.5 Å². The number of rotatable bonds is 20. The number of carbonyl (C=O) groups is 6.